The summed E-state index contributed by atoms with van der Waals surface area (Å²) in [5.74, 6) is 0.125. The van der Waals surface area contributed by atoms with E-state index in [1.807, 2.05) is 24.4 Å². The predicted octanol–water partition coefficient (Wildman–Crippen LogP) is 5.85. The van der Waals surface area contributed by atoms with Crippen LogP contribution in [0, 0.1) is 6.92 Å². The van der Waals surface area contributed by atoms with Crippen molar-refractivity contribution in [3.8, 4) is 11.1 Å². The van der Waals surface area contributed by atoms with Crippen molar-refractivity contribution in [2.45, 2.75) is 33.2 Å². The van der Waals surface area contributed by atoms with Crippen LogP contribution in [-0.2, 0) is 11.3 Å². The second kappa shape index (κ2) is 8.65. The summed E-state index contributed by atoms with van der Waals surface area (Å²) in [6, 6.07) is 13.5. The molecule has 0 saturated carbocycles. The molecule has 0 unspecified atom stereocenters. The topological polar surface area (TPSA) is 64.0 Å². The Morgan fingerprint density at radius 2 is 1.94 bits per heavy atom. The first-order chi connectivity index (χ1) is 14.8. The van der Waals surface area contributed by atoms with Gasteiger partial charge in [-0.25, -0.2) is 4.98 Å². The van der Waals surface area contributed by atoms with Crippen molar-refractivity contribution in [1.82, 2.24) is 9.55 Å². The number of carbonyl (C=O) groups is 1. The molecule has 0 bridgehead atoms. The summed E-state index contributed by atoms with van der Waals surface area (Å²) in [6.45, 7) is 6.00. The van der Waals surface area contributed by atoms with Gasteiger partial charge in [-0.2, -0.15) is 0 Å². The minimum Gasteiger partial charge on any atom is -0.324 e. The maximum absolute atomic E-state index is 13.2. The van der Waals surface area contributed by atoms with Gasteiger partial charge in [-0.1, -0.05) is 55.8 Å². The number of carbonyl (C=O) groups excluding carboxylic acids is 1. The molecule has 2 aromatic carbocycles. The lowest BCUT2D eigenvalue weighted by molar-refractivity contribution is -0.116. The summed E-state index contributed by atoms with van der Waals surface area (Å²) in [4.78, 5) is 30.9. The molecule has 0 saturated heterocycles. The van der Waals surface area contributed by atoms with Gasteiger partial charge in [0.2, 0.25) is 5.91 Å². The molecule has 0 spiro atoms. The first-order valence-electron chi connectivity index (χ1n) is 9.97. The van der Waals surface area contributed by atoms with Crippen molar-refractivity contribution in [2.24, 2.45) is 0 Å². The van der Waals surface area contributed by atoms with Gasteiger partial charge in [0.15, 0.2) is 0 Å². The van der Waals surface area contributed by atoms with Gasteiger partial charge < -0.3 is 5.32 Å². The molecule has 7 heteroatoms. The van der Waals surface area contributed by atoms with Crippen molar-refractivity contribution in [3.05, 3.63) is 80.7 Å². The van der Waals surface area contributed by atoms with E-state index in [4.69, 9.17) is 11.6 Å². The Balaban J connectivity index is 1.65. The van der Waals surface area contributed by atoms with Crippen LogP contribution in [0.25, 0.3) is 21.3 Å². The molecule has 5 nitrogen and oxygen atoms in total. The number of nitrogens with one attached hydrogen (secondary N) is 1. The van der Waals surface area contributed by atoms with Crippen LogP contribution in [0.1, 0.15) is 30.9 Å². The number of thiophene rings is 1. The van der Waals surface area contributed by atoms with Crippen molar-refractivity contribution < 1.29 is 4.79 Å². The Morgan fingerprint density at radius 1 is 1.19 bits per heavy atom. The number of halogens is 1. The van der Waals surface area contributed by atoms with Gasteiger partial charge in [-0.3, -0.25) is 14.2 Å². The van der Waals surface area contributed by atoms with Gasteiger partial charge in [0.1, 0.15) is 11.4 Å². The molecular formula is C24H22ClN3O2S. The maximum Gasteiger partial charge on any atom is 0.263 e. The molecule has 4 aromatic rings. The van der Waals surface area contributed by atoms with Crippen LogP contribution in [-0.4, -0.2) is 15.5 Å². The molecule has 31 heavy (non-hydrogen) atoms. The lowest BCUT2D eigenvalue weighted by atomic mass is 9.99. The molecule has 2 heterocycles. The van der Waals surface area contributed by atoms with Crippen LogP contribution < -0.4 is 10.9 Å². The lowest BCUT2D eigenvalue weighted by Gasteiger charge is -2.11. The number of aromatic nitrogens is 2. The highest BCUT2D eigenvalue weighted by molar-refractivity contribution is 7.17. The van der Waals surface area contributed by atoms with Crippen LogP contribution in [0.4, 0.5) is 5.69 Å². The van der Waals surface area contributed by atoms with Gasteiger partial charge in [0.05, 0.1) is 11.7 Å². The van der Waals surface area contributed by atoms with Gasteiger partial charge in [-0.05, 0) is 41.7 Å². The zero-order chi connectivity index (χ0) is 22.1. The molecule has 0 atom stereocenters. The fourth-order valence-corrected chi connectivity index (χ4v) is 4.51. The molecule has 4 rings (SSSR count). The van der Waals surface area contributed by atoms with E-state index in [-0.39, 0.29) is 18.0 Å². The highest BCUT2D eigenvalue weighted by Crippen LogP contribution is 2.31. The number of amides is 1. The van der Waals surface area contributed by atoms with Gasteiger partial charge in [0, 0.05) is 21.7 Å². The van der Waals surface area contributed by atoms with E-state index in [1.165, 1.54) is 27.8 Å². The largest absolute Gasteiger partial charge is 0.324 e. The first-order valence-corrected chi connectivity index (χ1v) is 11.2. The zero-order valence-electron chi connectivity index (χ0n) is 17.5. The number of hydrogen-bond acceptors (Lipinski definition) is 4. The molecule has 0 aliphatic carbocycles. The normalized spacial score (nSPS) is 11.3. The van der Waals surface area contributed by atoms with Crippen LogP contribution in [0.3, 0.4) is 0 Å². The first kappa shape index (κ1) is 21.3. The third kappa shape index (κ3) is 4.27. The Labute approximate surface area is 189 Å². The quantitative estimate of drug-likeness (QED) is 0.414. The zero-order valence-corrected chi connectivity index (χ0v) is 19.1. The fourth-order valence-electron chi connectivity index (χ4n) is 3.43. The third-order valence-electron chi connectivity index (χ3n) is 5.30. The molecule has 0 aliphatic heterocycles. The Kier molecular flexibility index (Phi) is 5.94. The molecule has 1 amide bonds. The molecule has 158 valence electrons. The van der Waals surface area contributed by atoms with E-state index in [1.54, 1.807) is 18.2 Å². The summed E-state index contributed by atoms with van der Waals surface area (Å²) in [6.07, 6.45) is 1.43. The third-order valence-corrected chi connectivity index (χ3v) is 6.60. The summed E-state index contributed by atoms with van der Waals surface area (Å²) in [5.41, 5.74) is 4.22. The average molecular weight is 452 g/mol. The maximum atomic E-state index is 13.2. The molecule has 0 aliphatic rings. The monoisotopic (exact) mass is 451 g/mol. The number of rotatable bonds is 5. The minimum atomic E-state index is -0.313. The van der Waals surface area contributed by atoms with Crippen LogP contribution in [0.2, 0.25) is 5.02 Å². The average Bonchev–Trinajstić information content (AvgIpc) is 3.18. The van der Waals surface area contributed by atoms with Crippen LogP contribution >= 0.6 is 22.9 Å². The smallest absolute Gasteiger partial charge is 0.263 e. The van der Waals surface area contributed by atoms with E-state index < -0.39 is 0 Å². The number of benzene rings is 2. The Morgan fingerprint density at radius 3 is 2.65 bits per heavy atom. The van der Waals surface area contributed by atoms with Crippen molar-refractivity contribution in [1.29, 1.82) is 0 Å². The molecule has 0 radical (unpaired) electrons. The number of fused-ring (bicyclic) bond motifs is 1. The van der Waals surface area contributed by atoms with Crippen molar-refractivity contribution in [3.63, 3.8) is 0 Å². The molecule has 0 fully saturated rings. The van der Waals surface area contributed by atoms with E-state index >= 15 is 0 Å². The molecule has 2 aromatic heterocycles. The summed E-state index contributed by atoms with van der Waals surface area (Å²) in [7, 11) is 0. The van der Waals surface area contributed by atoms with Crippen LogP contribution in [0.15, 0.2) is 59.0 Å². The highest BCUT2D eigenvalue weighted by Gasteiger charge is 2.15. The summed E-state index contributed by atoms with van der Waals surface area (Å²) < 4.78 is 1.34. The second-order valence-corrected chi connectivity index (χ2v) is 9.01. The van der Waals surface area contributed by atoms with Gasteiger partial charge >= 0.3 is 0 Å². The lowest BCUT2D eigenvalue weighted by Crippen LogP contribution is -2.28. The standard InChI is InChI=1S/C24H22ClN3O2S/c1-14(2)16-7-9-17(10-8-16)18-12-31-23-22(18)24(30)28(13-26-23)11-21(29)27-20-6-4-5-19(25)15(20)3/h4-10,12-14H,11H2,1-3H3,(H,27,29). The Bertz CT molecular complexity index is 1320. The molecule has 1 N–H and O–H groups in total. The molecular weight excluding hydrogens is 430 g/mol. The minimum absolute atomic E-state index is 0.130. The Hall–Kier alpha value is -2.96. The summed E-state index contributed by atoms with van der Waals surface area (Å²) >= 11 is 7.55. The van der Waals surface area contributed by atoms with Crippen molar-refractivity contribution in [2.75, 3.05) is 5.32 Å². The van der Waals surface area contributed by atoms with E-state index in [9.17, 15) is 9.59 Å². The fraction of sp³-hybridized carbons (Fsp3) is 0.208. The number of anilines is 1. The number of hydrogen-bond donors (Lipinski definition) is 1. The highest BCUT2D eigenvalue weighted by atomic mass is 35.5. The number of nitrogens with zero attached hydrogens (tertiary/aromatic N) is 2. The SMILES string of the molecule is Cc1c(Cl)cccc1NC(=O)Cn1cnc2scc(-c3ccc(C(C)C)cc3)c2c1=O. The predicted molar refractivity (Wildman–Crippen MR) is 128 cm³/mol. The van der Waals surface area contributed by atoms with E-state index in [0.29, 0.717) is 26.8 Å². The van der Waals surface area contributed by atoms with Crippen molar-refractivity contribution >= 4 is 44.7 Å². The van der Waals surface area contributed by atoms with Crippen LogP contribution in [0.5, 0.6) is 0 Å². The van der Waals surface area contributed by atoms with Gasteiger partial charge in [0.25, 0.3) is 5.56 Å². The summed E-state index contributed by atoms with van der Waals surface area (Å²) in [5, 5.41) is 5.88. The van der Waals surface area contributed by atoms with E-state index in [2.05, 4.69) is 36.3 Å². The van der Waals surface area contributed by atoms with E-state index in [0.717, 1.165) is 16.7 Å². The van der Waals surface area contributed by atoms with Gasteiger partial charge in [-0.15, -0.1) is 11.3 Å². The second-order valence-electron chi connectivity index (χ2n) is 7.74.